The Morgan fingerprint density at radius 1 is 1.22 bits per heavy atom. The second-order valence-corrected chi connectivity index (χ2v) is 4.82. The van der Waals surface area contributed by atoms with E-state index in [0.717, 1.165) is 11.1 Å². The van der Waals surface area contributed by atoms with E-state index < -0.39 is 6.04 Å². The number of hydrogen-bond acceptors (Lipinski definition) is 4. The van der Waals surface area contributed by atoms with E-state index in [1.54, 1.807) is 11.3 Å². The van der Waals surface area contributed by atoms with Gasteiger partial charge in [-0.1, -0.05) is 30.3 Å². The molecule has 2 rings (SSSR count). The molecule has 0 bridgehead atoms. The molecule has 1 atom stereocenters. The van der Waals surface area contributed by atoms with Gasteiger partial charge in [-0.25, -0.2) is 0 Å². The molecule has 4 heteroatoms. The van der Waals surface area contributed by atoms with Crippen LogP contribution in [0.1, 0.15) is 11.1 Å². The predicted octanol–water partition coefficient (Wildman–Crippen LogP) is 2.36. The second-order valence-electron chi connectivity index (χ2n) is 4.04. The highest BCUT2D eigenvalue weighted by Gasteiger charge is 2.15. The van der Waals surface area contributed by atoms with Crippen molar-refractivity contribution in [2.75, 3.05) is 0 Å². The summed E-state index contributed by atoms with van der Waals surface area (Å²) in [5, 5.41) is 3.96. The van der Waals surface area contributed by atoms with Crippen molar-refractivity contribution in [1.29, 1.82) is 0 Å². The first-order chi connectivity index (χ1) is 8.75. The van der Waals surface area contributed by atoms with Gasteiger partial charge in [0, 0.05) is 0 Å². The zero-order valence-electron chi connectivity index (χ0n) is 9.91. The van der Waals surface area contributed by atoms with Crippen LogP contribution in [0.25, 0.3) is 0 Å². The van der Waals surface area contributed by atoms with Crippen LogP contribution in [0.5, 0.6) is 0 Å². The van der Waals surface area contributed by atoms with Gasteiger partial charge in [0.25, 0.3) is 0 Å². The molecule has 3 nitrogen and oxygen atoms in total. The zero-order valence-corrected chi connectivity index (χ0v) is 10.7. The quantitative estimate of drug-likeness (QED) is 0.841. The van der Waals surface area contributed by atoms with Crippen LogP contribution >= 0.6 is 11.3 Å². The summed E-state index contributed by atoms with van der Waals surface area (Å²) in [6.07, 6.45) is 0.525. The van der Waals surface area contributed by atoms with Gasteiger partial charge in [0.2, 0.25) is 0 Å². The Morgan fingerprint density at radius 2 is 2.00 bits per heavy atom. The van der Waals surface area contributed by atoms with Crippen LogP contribution in [-0.4, -0.2) is 12.0 Å². The Balaban J connectivity index is 1.81. The number of nitrogens with two attached hydrogens (primary N) is 1. The fraction of sp³-hybridized carbons (Fsp3) is 0.214. The smallest absolute Gasteiger partial charge is 0.323 e. The summed E-state index contributed by atoms with van der Waals surface area (Å²) in [7, 11) is 0. The number of rotatable bonds is 5. The van der Waals surface area contributed by atoms with Crippen molar-refractivity contribution in [2.24, 2.45) is 5.73 Å². The van der Waals surface area contributed by atoms with Crippen molar-refractivity contribution in [3.63, 3.8) is 0 Å². The molecule has 1 aromatic heterocycles. The summed E-state index contributed by atoms with van der Waals surface area (Å²) in [4.78, 5) is 11.7. The Bertz CT molecular complexity index is 482. The summed E-state index contributed by atoms with van der Waals surface area (Å²) >= 11 is 1.60. The van der Waals surface area contributed by atoms with E-state index in [1.165, 1.54) is 0 Å². The number of ether oxygens (including phenoxy) is 1. The van der Waals surface area contributed by atoms with Gasteiger partial charge >= 0.3 is 5.97 Å². The number of hydrogen-bond donors (Lipinski definition) is 1. The number of esters is 1. The van der Waals surface area contributed by atoms with E-state index in [-0.39, 0.29) is 12.6 Å². The molecular formula is C14H15NO2S. The maximum atomic E-state index is 11.7. The fourth-order valence-electron chi connectivity index (χ4n) is 1.58. The van der Waals surface area contributed by atoms with E-state index in [0.29, 0.717) is 6.42 Å². The van der Waals surface area contributed by atoms with Gasteiger partial charge in [0.05, 0.1) is 0 Å². The Kier molecular flexibility index (Phi) is 4.50. The van der Waals surface area contributed by atoms with Crippen LogP contribution in [0.3, 0.4) is 0 Å². The van der Waals surface area contributed by atoms with Gasteiger partial charge in [-0.15, -0.1) is 0 Å². The summed E-state index contributed by atoms with van der Waals surface area (Å²) in [6.45, 7) is 0.275. The summed E-state index contributed by atoms with van der Waals surface area (Å²) in [5.41, 5.74) is 7.84. The highest BCUT2D eigenvalue weighted by Crippen LogP contribution is 2.09. The molecule has 0 saturated heterocycles. The number of carbonyl (C=O) groups is 1. The zero-order chi connectivity index (χ0) is 12.8. The van der Waals surface area contributed by atoms with Crippen molar-refractivity contribution in [1.82, 2.24) is 0 Å². The average Bonchev–Trinajstić information content (AvgIpc) is 2.90. The first-order valence-electron chi connectivity index (χ1n) is 5.73. The molecule has 94 valence electrons. The largest absolute Gasteiger partial charge is 0.460 e. The lowest BCUT2D eigenvalue weighted by molar-refractivity contribution is -0.146. The normalized spacial score (nSPS) is 12.1. The van der Waals surface area contributed by atoms with Crippen molar-refractivity contribution < 1.29 is 9.53 Å². The SMILES string of the molecule is N[C@@H](Cc1ccsc1)C(=O)OCc1ccccc1. The molecule has 0 aliphatic rings. The van der Waals surface area contributed by atoms with Gasteiger partial charge < -0.3 is 10.5 Å². The predicted molar refractivity (Wildman–Crippen MR) is 72.2 cm³/mol. The van der Waals surface area contributed by atoms with E-state index >= 15 is 0 Å². The van der Waals surface area contributed by atoms with Crippen LogP contribution in [0.4, 0.5) is 0 Å². The van der Waals surface area contributed by atoms with E-state index in [1.807, 2.05) is 47.2 Å². The lowest BCUT2D eigenvalue weighted by Gasteiger charge is -2.10. The lowest BCUT2D eigenvalue weighted by Crippen LogP contribution is -2.34. The fourth-order valence-corrected chi connectivity index (χ4v) is 2.26. The summed E-state index contributed by atoms with van der Waals surface area (Å²) in [6, 6.07) is 10.9. The molecule has 2 N–H and O–H groups in total. The molecule has 0 aliphatic heterocycles. The molecule has 0 fully saturated rings. The standard InChI is InChI=1S/C14H15NO2S/c15-13(8-12-6-7-18-10-12)14(16)17-9-11-4-2-1-3-5-11/h1-7,10,13H,8-9,15H2/t13-/m0/s1. The van der Waals surface area contributed by atoms with Gasteiger partial charge in [-0.2, -0.15) is 11.3 Å². The first-order valence-corrected chi connectivity index (χ1v) is 6.67. The molecule has 18 heavy (non-hydrogen) atoms. The third-order valence-corrected chi connectivity index (χ3v) is 3.29. The topological polar surface area (TPSA) is 52.3 Å². The molecule has 0 aliphatic carbocycles. The summed E-state index contributed by atoms with van der Waals surface area (Å²) < 4.78 is 5.18. The van der Waals surface area contributed by atoms with Crippen molar-refractivity contribution in [3.8, 4) is 0 Å². The third-order valence-electron chi connectivity index (χ3n) is 2.56. The van der Waals surface area contributed by atoms with Gasteiger partial charge in [-0.3, -0.25) is 4.79 Å². The molecule has 1 aromatic carbocycles. The minimum absolute atomic E-state index is 0.275. The highest BCUT2D eigenvalue weighted by molar-refractivity contribution is 7.07. The molecule has 1 heterocycles. The van der Waals surface area contributed by atoms with Crippen LogP contribution < -0.4 is 5.73 Å². The Morgan fingerprint density at radius 3 is 2.67 bits per heavy atom. The monoisotopic (exact) mass is 261 g/mol. The maximum absolute atomic E-state index is 11.7. The average molecular weight is 261 g/mol. The molecule has 0 amide bonds. The molecule has 0 radical (unpaired) electrons. The lowest BCUT2D eigenvalue weighted by atomic mass is 10.1. The third kappa shape index (κ3) is 3.68. The van der Waals surface area contributed by atoms with E-state index in [4.69, 9.17) is 10.5 Å². The molecule has 0 unspecified atom stereocenters. The minimum Gasteiger partial charge on any atom is -0.460 e. The summed E-state index contributed by atoms with van der Waals surface area (Å²) in [5.74, 6) is -0.356. The number of benzene rings is 1. The second kappa shape index (κ2) is 6.33. The van der Waals surface area contributed by atoms with Gasteiger partial charge in [-0.05, 0) is 34.4 Å². The Labute approximate surface area is 110 Å². The molecule has 0 saturated carbocycles. The van der Waals surface area contributed by atoms with Crippen molar-refractivity contribution in [2.45, 2.75) is 19.1 Å². The van der Waals surface area contributed by atoms with Crippen LogP contribution in [-0.2, 0) is 22.6 Å². The highest BCUT2D eigenvalue weighted by atomic mass is 32.1. The molecule has 0 spiro atoms. The number of carbonyl (C=O) groups excluding carboxylic acids is 1. The van der Waals surface area contributed by atoms with E-state index in [2.05, 4.69) is 0 Å². The van der Waals surface area contributed by atoms with Gasteiger partial charge in [0.1, 0.15) is 12.6 Å². The van der Waals surface area contributed by atoms with Crippen molar-refractivity contribution in [3.05, 3.63) is 58.3 Å². The maximum Gasteiger partial charge on any atom is 0.323 e. The molecular weight excluding hydrogens is 246 g/mol. The first kappa shape index (κ1) is 12.8. The molecule has 2 aromatic rings. The van der Waals surface area contributed by atoms with E-state index in [9.17, 15) is 4.79 Å². The van der Waals surface area contributed by atoms with Crippen molar-refractivity contribution >= 4 is 17.3 Å². The van der Waals surface area contributed by atoms with Crippen LogP contribution in [0, 0.1) is 0 Å². The Hall–Kier alpha value is -1.65. The minimum atomic E-state index is -0.594. The van der Waals surface area contributed by atoms with Crippen LogP contribution in [0.2, 0.25) is 0 Å². The van der Waals surface area contributed by atoms with Crippen LogP contribution in [0.15, 0.2) is 47.2 Å². The number of thiophene rings is 1. The van der Waals surface area contributed by atoms with Gasteiger partial charge in [0.15, 0.2) is 0 Å².